The van der Waals surface area contributed by atoms with Gasteiger partial charge >= 0.3 is 12.4 Å². The summed E-state index contributed by atoms with van der Waals surface area (Å²) in [6, 6.07) is 12.2. The fourth-order valence-electron chi connectivity index (χ4n) is 6.92. The van der Waals surface area contributed by atoms with Crippen molar-refractivity contribution in [3.8, 4) is 34.5 Å². The molecular formula is C38H32F6O6. The molecule has 2 unspecified atom stereocenters. The molecular weight excluding hydrogens is 666 g/mol. The first-order valence-corrected chi connectivity index (χ1v) is 15.4. The van der Waals surface area contributed by atoms with Gasteiger partial charge in [0.2, 0.25) is 0 Å². The molecule has 2 aliphatic carbocycles. The maximum atomic E-state index is 13.9. The molecule has 0 aromatic heterocycles. The van der Waals surface area contributed by atoms with Gasteiger partial charge in [-0.3, -0.25) is 0 Å². The summed E-state index contributed by atoms with van der Waals surface area (Å²) < 4.78 is 105. The number of methoxy groups -OCH3 is 4. The topological polar surface area (TPSA) is 77.4 Å². The molecule has 2 atom stereocenters. The number of allylic oxidation sites excluding steroid dienone is 2. The summed E-state index contributed by atoms with van der Waals surface area (Å²) in [5.41, 5.74) is 1.92. The van der Waals surface area contributed by atoms with Gasteiger partial charge in [-0.15, -0.1) is 0 Å². The van der Waals surface area contributed by atoms with Gasteiger partial charge in [0.1, 0.15) is 11.5 Å². The van der Waals surface area contributed by atoms with Crippen molar-refractivity contribution < 1.29 is 55.5 Å². The average molecular weight is 699 g/mol. The number of hydrogen-bond donors (Lipinski definition) is 2. The van der Waals surface area contributed by atoms with E-state index in [1.165, 1.54) is 28.4 Å². The Hall–Kier alpha value is -5.26. The first kappa shape index (κ1) is 34.6. The summed E-state index contributed by atoms with van der Waals surface area (Å²) in [5.74, 6) is -0.844. The Kier molecular flexibility index (Phi) is 8.92. The van der Waals surface area contributed by atoms with E-state index in [0.29, 0.717) is 56.4 Å². The van der Waals surface area contributed by atoms with E-state index in [4.69, 9.17) is 18.9 Å². The van der Waals surface area contributed by atoms with Gasteiger partial charge in [-0.2, -0.15) is 26.3 Å². The standard InChI is InChI=1S/C38H32F6O6/c1-47-31-13-21-11-19(35(25(21)17-33(31)49-3)27-15-23(37(39,40)41)7-9-29(27)45)5-6-20-12-22-14-32(48-2)34(50-4)18-26(22)36(20)28-16-24(38(42,43)44)8-10-30(28)46/h7-18,35-36,45-46H,5-6H2,1-4H3. The predicted molar refractivity (Wildman–Crippen MR) is 174 cm³/mol. The molecule has 50 heavy (non-hydrogen) atoms. The zero-order chi connectivity index (χ0) is 36.1. The fraction of sp³-hybridized carbons (Fsp3) is 0.263. The molecule has 2 N–H and O–H groups in total. The van der Waals surface area contributed by atoms with Gasteiger partial charge in [0.25, 0.3) is 0 Å². The van der Waals surface area contributed by atoms with Crippen LogP contribution in [0.2, 0.25) is 0 Å². The number of ether oxygens (including phenoxy) is 4. The van der Waals surface area contributed by atoms with Gasteiger partial charge in [-0.05, 0) is 95.8 Å². The lowest BCUT2D eigenvalue weighted by atomic mass is 9.81. The molecule has 0 saturated carbocycles. The SMILES string of the molecule is COc1cc2c(cc1OC)C(c1cc(C(F)(F)F)ccc1O)C(CCC1=Cc3cc(OC)c(OC)cc3C1c1cc(C(F)(F)F)ccc1O)=C2. The van der Waals surface area contributed by atoms with Crippen molar-refractivity contribution >= 4 is 12.2 Å². The molecule has 2 aliphatic rings. The van der Waals surface area contributed by atoms with Crippen LogP contribution < -0.4 is 18.9 Å². The van der Waals surface area contributed by atoms with Gasteiger partial charge in [0.05, 0.1) is 39.6 Å². The normalized spacial score (nSPS) is 16.8. The van der Waals surface area contributed by atoms with E-state index >= 15 is 0 Å². The minimum absolute atomic E-state index is 0.0299. The van der Waals surface area contributed by atoms with Gasteiger partial charge in [-0.25, -0.2) is 0 Å². The van der Waals surface area contributed by atoms with Crippen molar-refractivity contribution in [2.24, 2.45) is 0 Å². The van der Waals surface area contributed by atoms with Crippen LogP contribution in [0.25, 0.3) is 12.2 Å². The first-order valence-electron chi connectivity index (χ1n) is 15.4. The van der Waals surface area contributed by atoms with E-state index in [1.807, 2.05) is 12.2 Å². The van der Waals surface area contributed by atoms with E-state index in [2.05, 4.69) is 0 Å². The van der Waals surface area contributed by atoms with Crippen LogP contribution in [0.15, 0.2) is 71.8 Å². The number of benzene rings is 4. The molecule has 4 aromatic carbocycles. The van der Waals surface area contributed by atoms with Crippen molar-refractivity contribution in [1.29, 1.82) is 0 Å². The summed E-state index contributed by atoms with van der Waals surface area (Å²) in [6.45, 7) is 0. The number of rotatable bonds is 9. The van der Waals surface area contributed by atoms with Gasteiger partial charge in [0, 0.05) is 23.0 Å². The van der Waals surface area contributed by atoms with Crippen molar-refractivity contribution in [3.63, 3.8) is 0 Å². The second-order valence-corrected chi connectivity index (χ2v) is 12.0. The third-order valence-electron chi connectivity index (χ3n) is 9.26. The lowest BCUT2D eigenvalue weighted by Crippen LogP contribution is -2.10. The number of alkyl halides is 6. The molecule has 0 amide bonds. The molecule has 12 heteroatoms. The van der Waals surface area contributed by atoms with E-state index in [0.717, 1.165) is 36.4 Å². The van der Waals surface area contributed by atoms with Crippen molar-refractivity contribution in [2.45, 2.75) is 37.0 Å². The second-order valence-electron chi connectivity index (χ2n) is 12.0. The fourth-order valence-corrected chi connectivity index (χ4v) is 6.92. The van der Waals surface area contributed by atoms with Crippen molar-refractivity contribution in [2.75, 3.05) is 28.4 Å². The van der Waals surface area contributed by atoms with E-state index in [-0.39, 0.29) is 35.5 Å². The maximum absolute atomic E-state index is 13.9. The number of halogens is 6. The largest absolute Gasteiger partial charge is 0.508 e. The highest BCUT2D eigenvalue weighted by molar-refractivity contribution is 5.76. The quantitative estimate of drug-likeness (QED) is 0.170. The van der Waals surface area contributed by atoms with E-state index in [1.54, 1.807) is 24.3 Å². The number of phenols is 2. The van der Waals surface area contributed by atoms with Crippen LogP contribution in [0, 0.1) is 0 Å². The Balaban J connectivity index is 1.46. The zero-order valence-corrected chi connectivity index (χ0v) is 27.3. The lowest BCUT2D eigenvalue weighted by Gasteiger charge is -2.23. The summed E-state index contributed by atoms with van der Waals surface area (Å²) in [5, 5.41) is 21.9. The minimum atomic E-state index is -4.67. The van der Waals surface area contributed by atoms with Crippen LogP contribution in [0.4, 0.5) is 26.3 Å². The number of fused-ring (bicyclic) bond motifs is 2. The van der Waals surface area contributed by atoms with Crippen molar-refractivity contribution in [1.82, 2.24) is 0 Å². The van der Waals surface area contributed by atoms with Crippen LogP contribution >= 0.6 is 0 Å². The van der Waals surface area contributed by atoms with Crippen LogP contribution in [0.3, 0.4) is 0 Å². The molecule has 0 saturated heterocycles. The van der Waals surface area contributed by atoms with Crippen molar-refractivity contribution in [3.05, 3.63) is 116 Å². The summed E-state index contributed by atoms with van der Waals surface area (Å²) in [7, 11) is 5.78. The van der Waals surface area contributed by atoms with E-state index < -0.39 is 35.3 Å². The Morgan fingerprint density at radius 3 is 1.16 bits per heavy atom. The first-order chi connectivity index (χ1) is 23.7. The highest BCUT2D eigenvalue weighted by Gasteiger charge is 2.38. The Labute approximate surface area is 283 Å². The Morgan fingerprint density at radius 1 is 0.500 bits per heavy atom. The molecule has 0 radical (unpaired) electrons. The Morgan fingerprint density at radius 2 is 0.840 bits per heavy atom. The van der Waals surface area contributed by atoms with Crippen LogP contribution in [-0.2, 0) is 12.4 Å². The molecule has 0 bridgehead atoms. The second kappa shape index (κ2) is 12.9. The smallest absolute Gasteiger partial charge is 0.416 e. The number of phenolic OH excluding ortho intramolecular Hbond substituents is 2. The Bertz CT molecular complexity index is 1880. The monoisotopic (exact) mass is 698 g/mol. The van der Waals surface area contributed by atoms with E-state index in [9.17, 15) is 36.6 Å². The highest BCUT2D eigenvalue weighted by atomic mass is 19.4. The average Bonchev–Trinajstić information content (AvgIpc) is 3.61. The molecule has 262 valence electrons. The summed E-state index contributed by atoms with van der Waals surface area (Å²) in [6.07, 6.45) is -5.27. The van der Waals surface area contributed by atoms with Gasteiger partial charge < -0.3 is 29.2 Å². The van der Waals surface area contributed by atoms with Gasteiger partial charge in [-0.1, -0.05) is 23.3 Å². The molecule has 4 aromatic rings. The summed E-state index contributed by atoms with van der Waals surface area (Å²) >= 11 is 0. The molecule has 0 fully saturated rings. The van der Waals surface area contributed by atoms with Gasteiger partial charge in [0.15, 0.2) is 23.0 Å². The molecule has 6 nitrogen and oxygen atoms in total. The lowest BCUT2D eigenvalue weighted by molar-refractivity contribution is -0.138. The third kappa shape index (κ3) is 6.18. The predicted octanol–water partition coefficient (Wildman–Crippen LogP) is 9.71. The van der Waals surface area contributed by atoms with Crippen LogP contribution in [0.1, 0.15) is 69.2 Å². The number of hydrogen-bond acceptors (Lipinski definition) is 6. The zero-order valence-electron chi connectivity index (χ0n) is 27.3. The van der Waals surface area contributed by atoms with Crippen LogP contribution in [0.5, 0.6) is 34.5 Å². The number of aromatic hydroxyl groups is 2. The summed E-state index contributed by atoms with van der Waals surface area (Å²) in [4.78, 5) is 0. The highest BCUT2D eigenvalue weighted by Crippen LogP contribution is 2.53. The molecule has 0 heterocycles. The third-order valence-corrected chi connectivity index (χ3v) is 9.26. The molecule has 0 aliphatic heterocycles. The maximum Gasteiger partial charge on any atom is 0.416 e. The minimum Gasteiger partial charge on any atom is -0.508 e. The van der Waals surface area contributed by atoms with Crippen LogP contribution in [-0.4, -0.2) is 38.7 Å². The molecule has 0 spiro atoms. The molecule has 6 rings (SSSR count).